The predicted octanol–water partition coefficient (Wildman–Crippen LogP) is 4.01. The summed E-state index contributed by atoms with van der Waals surface area (Å²) in [4.78, 5) is 37.3. The van der Waals surface area contributed by atoms with Crippen molar-refractivity contribution in [2.24, 2.45) is 0 Å². The lowest BCUT2D eigenvalue weighted by molar-refractivity contribution is -0.115. The van der Waals surface area contributed by atoms with Crippen molar-refractivity contribution >= 4 is 28.6 Å². The molecule has 44 heavy (non-hydrogen) atoms. The fourth-order valence-electron chi connectivity index (χ4n) is 5.35. The number of carbonyl (C=O) groups is 1. The minimum absolute atomic E-state index is 0.144. The molecular formula is C32H32FN7O4. The van der Waals surface area contributed by atoms with E-state index >= 15 is 0 Å². The third-order valence-corrected chi connectivity index (χ3v) is 7.61. The van der Waals surface area contributed by atoms with Crippen LogP contribution in [-0.4, -0.2) is 62.8 Å². The zero-order valence-electron chi connectivity index (χ0n) is 24.1. The number of hydrogen-bond donors (Lipinski definition) is 2. The molecule has 1 atom stereocenters. The smallest absolute Gasteiger partial charge is 0.339 e. The lowest BCUT2D eigenvalue weighted by atomic mass is 10.1. The lowest BCUT2D eigenvalue weighted by Crippen LogP contribution is -2.32. The highest BCUT2D eigenvalue weighted by atomic mass is 19.1. The fourth-order valence-corrected chi connectivity index (χ4v) is 5.35. The van der Waals surface area contributed by atoms with Gasteiger partial charge >= 0.3 is 5.69 Å². The van der Waals surface area contributed by atoms with Crippen molar-refractivity contribution in [3.05, 3.63) is 101 Å². The number of likely N-dealkylation sites (N-methyl/N-ethyl adjacent to an activating group) is 1. The van der Waals surface area contributed by atoms with Crippen molar-refractivity contribution in [3.63, 3.8) is 0 Å². The summed E-state index contributed by atoms with van der Waals surface area (Å²) in [6, 6.07) is 13.0. The van der Waals surface area contributed by atoms with Gasteiger partial charge in [-0.05, 0) is 68.8 Å². The van der Waals surface area contributed by atoms with Gasteiger partial charge in [0.1, 0.15) is 29.2 Å². The molecule has 1 saturated heterocycles. The largest absolute Gasteiger partial charge is 0.457 e. The first-order valence-electron chi connectivity index (χ1n) is 14.3. The Kier molecular flexibility index (Phi) is 8.35. The van der Waals surface area contributed by atoms with Crippen LogP contribution in [0.4, 0.5) is 10.2 Å². The molecule has 11 nitrogen and oxygen atoms in total. The first kappa shape index (κ1) is 29.0. The number of imidazole rings is 1. The van der Waals surface area contributed by atoms with Gasteiger partial charge in [-0.3, -0.25) is 14.3 Å². The van der Waals surface area contributed by atoms with E-state index in [1.807, 2.05) is 19.2 Å². The Morgan fingerprint density at radius 3 is 2.82 bits per heavy atom. The van der Waals surface area contributed by atoms with Gasteiger partial charge in [0.05, 0.1) is 12.3 Å². The summed E-state index contributed by atoms with van der Waals surface area (Å²) in [7, 11) is 2.01. The van der Waals surface area contributed by atoms with E-state index in [1.165, 1.54) is 33.7 Å². The van der Waals surface area contributed by atoms with E-state index in [1.54, 1.807) is 42.5 Å². The van der Waals surface area contributed by atoms with Crippen LogP contribution in [0, 0.1) is 5.82 Å². The molecule has 6 rings (SSSR count). The topological polar surface area (TPSA) is 130 Å². The number of fused-ring (bicyclic) bond motifs is 1. The molecule has 0 saturated carbocycles. The van der Waals surface area contributed by atoms with Gasteiger partial charge in [0.15, 0.2) is 11.5 Å². The van der Waals surface area contributed by atoms with E-state index in [9.17, 15) is 14.0 Å². The summed E-state index contributed by atoms with van der Waals surface area (Å²) in [5.41, 5.74) is 8.35. The molecule has 3 heterocycles. The SMILES string of the molecule is CN(C/C=C/C(=O)NC1=CCCC(n2c(=O)n(-c3ccc(Oc4cccc(F)c4)cc3)c3c(N)ncnc32)=C1)C1CCOC1. The fraction of sp³-hybridized carbons (Fsp3) is 0.250. The molecule has 0 radical (unpaired) electrons. The van der Waals surface area contributed by atoms with Gasteiger partial charge in [-0.2, -0.15) is 0 Å². The van der Waals surface area contributed by atoms with E-state index in [0.29, 0.717) is 71.8 Å². The summed E-state index contributed by atoms with van der Waals surface area (Å²) in [6.07, 6.45) is 10.5. The van der Waals surface area contributed by atoms with E-state index in [0.717, 1.165) is 13.0 Å². The van der Waals surface area contributed by atoms with Gasteiger partial charge in [-0.25, -0.2) is 23.7 Å². The predicted molar refractivity (Wildman–Crippen MR) is 165 cm³/mol. The monoisotopic (exact) mass is 597 g/mol. The Balaban J connectivity index is 1.24. The third-order valence-electron chi connectivity index (χ3n) is 7.61. The standard InChI is InChI=1S/C32H32FN7O4/c1-38(25-14-16-43-19-25)15-4-9-28(41)37-22-6-3-7-24(18-22)40-31-29(30(34)35-20-36-31)39(32(40)42)23-10-12-26(13-11-23)44-27-8-2-5-21(33)17-27/h2,4-6,8-13,17-18,20,25H,3,7,14-16,19H2,1H3,(H,37,41)(H2,34,35,36)/b9-4+. The second kappa shape index (κ2) is 12.7. The Bertz CT molecular complexity index is 1840. The summed E-state index contributed by atoms with van der Waals surface area (Å²) in [5, 5.41) is 2.91. The van der Waals surface area contributed by atoms with E-state index in [4.69, 9.17) is 15.2 Å². The highest BCUT2D eigenvalue weighted by Gasteiger charge is 2.23. The quantitative estimate of drug-likeness (QED) is 0.277. The molecule has 2 aliphatic rings. The molecule has 1 aliphatic carbocycles. The minimum Gasteiger partial charge on any atom is -0.457 e. The van der Waals surface area contributed by atoms with Crippen molar-refractivity contribution in [3.8, 4) is 17.2 Å². The first-order chi connectivity index (χ1) is 21.4. The number of allylic oxidation sites excluding steroid dienone is 3. The summed E-state index contributed by atoms with van der Waals surface area (Å²) >= 11 is 0. The second-order valence-corrected chi connectivity index (χ2v) is 10.6. The lowest BCUT2D eigenvalue weighted by Gasteiger charge is -2.20. The number of nitrogens with zero attached hydrogens (tertiary/aromatic N) is 5. The number of rotatable bonds is 9. The summed E-state index contributed by atoms with van der Waals surface area (Å²) in [6.45, 7) is 2.11. The molecule has 1 aliphatic heterocycles. The molecule has 3 N–H and O–H groups in total. The van der Waals surface area contributed by atoms with Gasteiger partial charge in [-0.1, -0.05) is 18.2 Å². The van der Waals surface area contributed by atoms with E-state index in [2.05, 4.69) is 20.2 Å². The maximum absolute atomic E-state index is 14.0. The summed E-state index contributed by atoms with van der Waals surface area (Å²) < 4.78 is 27.7. The first-order valence-corrected chi connectivity index (χ1v) is 14.3. The number of aromatic nitrogens is 4. The van der Waals surface area contributed by atoms with Crippen molar-refractivity contribution in [2.45, 2.75) is 25.3 Å². The molecule has 226 valence electrons. The van der Waals surface area contributed by atoms with Gasteiger partial charge < -0.3 is 20.5 Å². The highest BCUT2D eigenvalue weighted by Crippen LogP contribution is 2.28. The van der Waals surface area contributed by atoms with Crippen LogP contribution in [0.25, 0.3) is 22.5 Å². The number of ether oxygens (including phenoxy) is 2. The molecule has 4 aromatic rings. The minimum atomic E-state index is -0.404. The number of halogens is 1. The van der Waals surface area contributed by atoms with E-state index in [-0.39, 0.29) is 17.4 Å². The average Bonchev–Trinajstić information content (AvgIpc) is 3.65. The van der Waals surface area contributed by atoms with Gasteiger partial charge in [0, 0.05) is 42.7 Å². The summed E-state index contributed by atoms with van der Waals surface area (Å²) in [5.74, 6) is 0.302. The van der Waals surface area contributed by atoms with Gasteiger partial charge in [0.25, 0.3) is 0 Å². The van der Waals surface area contributed by atoms with Crippen molar-refractivity contribution in [2.75, 3.05) is 32.5 Å². The number of anilines is 1. The maximum atomic E-state index is 14.0. The van der Waals surface area contributed by atoms with Crippen LogP contribution in [-0.2, 0) is 9.53 Å². The van der Waals surface area contributed by atoms with Crippen molar-refractivity contribution in [1.82, 2.24) is 29.3 Å². The molecule has 2 aromatic carbocycles. The Morgan fingerprint density at radius 2 is 2.05 bits per heavy atom. The number of benzene rings is 2. The molecule has 2 aromatic heterocycles. The van der Waals surface area contributed by atoms with Gasteiger partial charge in [-0.15, -0.1) is 0 Å². The number of carbonyl (C=O) groups excluding carboxylic acids is 1. The van der Waals surface area contributed by atoms with Crippen LogP contribution < -0.4 is 21.5 Å². The zero-order valence-corrected chi connectivity index (χ0v) is 24.1. The van der Waals surface area contributed by atoms with Crippen LogP contribution in [0.5, 0.6) is 11.5 Å². The van der Waals surface area contributed by atoms with Crippen LogP contribution in [0.1, 0.15) is 19.3 Å². The zero-order chi connectivity index (χ0) is 30.6. The Labute approximate surface area is 252 Å². The Morgan fingerprint density at radius 1 is 1.20 bits per heavy atom. The van der Waals surface area contributed by atoms with E-state index < -0.39 is 5.82 Å². The molecule has 12 heteroatoms. The number of nitrogens with two attached hydrogens (primary N) is 1. The molecule has 1 unspecified atom stereocenters. The highest BCUT2D eigenvalue weighted by molar-refractivity contribution is 5.90. The molecule has 0 bridgehead atoms. The maximum Gasteiger partial charge on any atom is 0.339 e. The Hall–Kier alpha value is -5.07. The number of nitrogen functional groups attached to an aromatic ring is 1. The van der Waals surface area contributed by atoms with Crippen LogP contribution >= 0.6 is 0 Å². The van der Waals surface area contributed by atoms with Crippen LogP contribution in [0.2, 0.25) is 0 Å². The number of nitrogens with one attached hydrogen (secondary N) is 1. The van der Waals surface area contributed by atoms with Gasteiger partial charge in [0.2, 0.25) is 5.91 Å². The molecular weight excluding hydrogens is 565 g/mol. The van der Waals surface area contributed by atoms with Crippen LogP contribution in [0.3, 0.4) is 0 Å². The third kappa shape index (κ3) is 6.17. The number of amides is 1. The van der Waals surface area contributed by atoms with Crippen LogP contribution in [0.15, 0.2) is 89.7 Å². The van der Waals surface area contributed by atoms with Crippen molar-refractivity contribution < 1.29 is 18.7 Å². The normalized spacial score (nSPS) is 16.8. The number of hydrogen-bond acceptors (Lipinski definition) is 8. The molecule has 0 spiro atoms. The molecule has 1 fully saturated rings. The molecule has 1 amide bonds. The van der Waals surface area contributed by atoms with Crippen molar-refractivity contribution in [1.29, 1.82) is 0 Å². The second-order valence-electron chi connectivity index (χ2n) is 10.6. The average molecular weight is 598 g/mol.